The van der Waals surface area contributed by atoms with Gasteiger partial charge in [-0.05, 0) is 56.7 Å². The number of benzene rings is 1. The molecule has 10 heteroatoms. The fourth-order valence-corrected chi connectivity index (χ4v) is 3.37. The fraction of sp³-hybridized carbons (Fsp3) is 0.615. The zero-order valence-electron chi connectivity index (χ0n) is 22.1. The number of aliphatic carboxylic acids is 1. The van der Waals surface area contributed by atoms with Gasteiger partial charge in [-0.15, -0.1) is 0 Å². The van der Waals surface area contributed by atoms with Crippen LogP contribution in [0.15, 0.2) is 18.2 Å². The average Bonchev–Trinajstić information content (AvgIpc) is 2.70. The summed E-state index contributed by atoms with van der Waals surface area (Å²) in [5, 5.41) is 9.59. The lowest BCUT2D eigenvalue weighted by Gasteiger charge is -2.25. The summed E-state index contributed by atoms with van der Waals surface area (Å²) in [5.74, 6) is -3.01. The molecule has 0 spiro atoms. The van der Waals surface area contributed by atoms with Crippen molar-refractivity contribution in [2.24, 2.45) is 17.6 Å². The first-order valence-corrected chi connectivity index (χ1v) is 12.1. The molecule has 0 aliphatic carbocycles. The van der Waals surface area contributed by atoms with Gasteiger partial charge >= 0.3 is 24.1 Å². The van der Waals surface area contributed by atoms with Crippen molar-refractivity contribution in [2.45, 2.75) is 91.9 Å². The molecule has 2 unspecified atom stereocenters. The highest BCUT2D eigenvalue weighted by molar-refractivity contribution is 5.77. The molecule has 0 saturated carbocycles. The van der Waals surface area contributed by atoms with E-state index in [9.17, 15) is 24.3 Å². The maximum absolute atomic E-state index is 12.4. The number of carbonyl (C=O) groups is 4. The Morgan fingerprint density at radius 1 is 0.833 bits per heavy atom. The minimum absolute atomic E-state index is 0.0226. The van der Waals surface area contributed by atoms with Crippen LogP contribution in [0.4, 0.5) is 4.79 Å². The van der Waals surface area contributed by atoms with E-state index in [1.54, 1.807) is 26.8 Å². The van der Waals surface area contributed by atoms with Gasteiger partial charge in [0.05, 0.1) is 6.10 Å². The van der Waals surface area contributed by atoms with Crippen molar-refractivity contribution in [2.75, 3.05) is 0 Å². The summed E-state index contributed by atoms with van der Waals surface area (Å²) >= 11 is 0. The Labute approximate surface area is 212 Å². The minimum atomic E-state index is -1.36. The Hall–Kier alpha value is -3.14. The Morgan fingerprint density at radius 2 is 1.36 bits per heavy atom. The molecule has 0 amide bonds. The summed E-state index contributed by atoms with van der Waals surface area (Å²) in [4.78, 5) is 48.3. The van der Waals surface area contributed by atoms with Gasteiger partial charge in [-0.3, -0.25) is 14.4 Å². The number of carboxylic acid groups (broad SMARTS) is 1. The van der Waals surface area contributed by atoms with Crippen molar-refractivity contribution in [1.82, 2.24) is 0 Å². The van der Waals surface area contributed by atoms with Gasteiger partial charge in [0, 0.05) is 18.8 Å². The third kappa shape index (κ3) is 11.1. The standard InChI is InChI=1S/C26H39NO9/c1-14(2)10-22(28)35-20-9-8-18(13-21(20)36-23(29)11-15(3)4)19(24(27)25(30)31)12-17(7)34-26(32)33-16(5)6/h8-9,13-17,19,24H,10-12,27H2,1-7H3,(H,30,31)/t17?,19?,24-/m0/s1. The van der Waals surface area contributed by atoms with Crippen LogP contribution >= 0.6 is 0 Å². The summed E-state index contributed by atoms with van der Waals surface area (Å²) in [5.41, 5.74) is 6.39. The van der Waals surface area contributed by atoms with Gasteiger partial charge in [-0.2, -0.15) is 0 Å². The molecular weight excluding hydrogens is 470 g/mol. The van der Waals surface area contributed by atoms with Crippen molar-refractivity contribution in [3.8, 4) is 11.5 Å². The molecule has 0 heterocycles. The Kier molecular flexibility index (Phi) is 12.4. The molecule has 0 radical (unpaired) electrons. The number of ether oxygens (including phenoxy) is 4. The predicted molar refractivity (Wildman–Crippen MR) is 132 cm³/mol. The van der Waals surface area contributed by atoms with Gasteiger partial charge in [-0.1, -0.05) is 33.8 Å². The first kappa shape index (κ1) is 30.9. The number of rotatable bonds is 13. The number of esters is 2. The zero-order chi connectivity index (χ0) is 27.6. The van der Waals surface area contributed by atoms with Gasteiger partial charge in [0.25, 0.3) is 0 Å². The van der Waals surface area contributed by atoms with Crippen LogP contribution in [0, 0.1) is 11.8 Å². The molecule has 202 valence electrons. The molecule has 36 heavy (non-hydrogen) atoms. The van der Waals surface area contributed by atoms with Gasteiger partial charge in [0.1, 0.15) is 12.1 Å². The van der Waals surface area contributed by atoms with Crippen LogP contribution in [0.5, 0.6) is 11.5 Å². The van der Waals surface area contributed by atoms with Crippen LogP contribution in [0.3, 0.4) is 0 Å². The second-order valence-corrected chi connectivity index (χ2v) is 9.90. The third-order valence-corrected chi connectivity index (χ3v) is 4.93. The minimum Gasteiger partial charge on any atom is -0.480 e. The largest absolute Gasteiger partial charge is 0.508 e. The van der Waals surface area contributed by atoms with Crippen molar-refractivity contribution in [3.05, 3.63) is 23.8 Å². The third-order valence-electron chi connectivity index (χ3n) is 4.93. The number of carbonyl (C=O) groups excluding carboxylic acids is 3. The zero-order valence-corrected chi connectivity index (χ0v) is 22.1. The Bertz CT molecular complexity index is 911. The quantitative estimate of drug-likeness (QED) is 0.289. The van der Waals surface area contributed by atoms with Gasteiger partial charge in [0.2, 0.25) is 0 Å². The van der Waals surface area contributed by atoms with E-state index >= 15 is 0 Å². The summed E-state index contributed by atoms with van der Waals surface area (Å²) in [7, 11) is 0. The summed E-state index contributed by atoms with van der Waals surface area (Å²) < 4.78 is 21.1. The predicted octanol–water partition coefficient (Wildman–Crippen LogP) is 4.43. The van der Waals surface area contributed by atoms with E-state index < -0.39 is 42.1 Å². The van der Waals surface area contributed by atoms with Crippen molar-refractivity contribution in [3.63, 3.8) is 0 Å². The topological polar surface area (TPSA) is 151 Å². The van der Waals surface area contributed by atoms with Crippen LogP contribution in [0.2, 0.25) is 0 Å². The Morgan fingerprint density at radius 3 is 1.83 bits per heavy atom. The van der Waals surface area contributed by atoms with E-state index in [2.05, 4.69) is 0 Å². The van der Waals surface area contributed by atoms with Crippen LogP contribution in [0.25, 0.3) is 0 Å². The average molecular weight is 510 g/mol. The maximum atomic E-state index is 12.4. The molecule has 10 nitrogen and oxygen atoms in total. The van der Waals surface area contributed by atoms with Crippen molar-refractivity contribution in [1.29, 1.82) is 0 Å². The van der Waals surface area contributed by atoms with Crippen LogP contribution in [-0.2, 0) is 23.9 Å². The number of carboxylic acids is 1. The van der Waals surface area contributed by atoms with E-state index in [1.165, 1.54) is 12.1 Å². The van der Waals surface area contributed by atoms with E-state index in [1.807, 2.05) is 27.7 Å². The van der Waals surface area contributed by atoms with Crippen LogP contribution in [-0.4, -0.2) is 47.4 Å². The molecule has 0 bridgehead atoms. The van der Waals surface area contributed by atoms with Crippen LogP contribution in [0.1, 0.15) is 79.2 Å². The number of hydrogen-bond donors (Lipinski definition) is 2. The summed E-state index contributed by atoms with van der Waals surface area (Å²) in [6.45, 7) is 12.4. The molecule has 1 rings (SSSR count). The number of hydrogen-bond acceptors (Lipinski definition) is 9. The van der Waals surface area contributed by atoms with Crippen molar-refractivity contribution < 1.29 is 43.2 Å². The monoisotopic (exact) mass is 509 g/mol. The molecule has 0 fully saturated rings. The summed E-state index contributed by atoms with van der Waals surface area (Å²) in [6.07, 6.45) is -1.65. The molecule has 1 aromatic rings. The summed E-state index contributed by atoms with van der Waals surface area (Å²) in [6, 6.07) is 3.06. The van der Waals surface area contributed by atoms with E-state index in [-0.39, 0.29) is 48.7 Å². The van der Waals surface area contributed by atoms with Gasteiger partial charge in [-0.25, -0.2) is 4.79 Å². The smallest absolute Gasteiger partial charge is 0.480 e. The Balaban J connectivity index is 3.32. The molecule has 0 aliphatic heterocycles. The number of nitrogens with two attached hydrogens (primary N) is 1. The lowest BCUT2D eigenvalue weighted by atomic mass is 9.87. The van der Waals surface area contributed by atoms with E-state index in [0.717, 1.165) is 0 Å². The van der Waals surface area contributed by atoms with E-state index in [4.69, 9.17) is 24.7 Å². The SMILES string of the molecule is CC(C)CC(=O)Oc1ccc(C(CC(C)OC(=O)OC(C)C)[C@H](N)C(=O)O)cc1OC(=O)CC(C)C. The highest BCUT2D eigenvalue weighted by Gasteiger charge is 2.30. The lowest BCUT2D eigenvalue weighted by molar-refractivity contribution is -0.139. The molecule has 3 N–H and O–H groups in total. The lowest BCUT2D eigenvalue weighted by Crippen LogP contribution is -2.38. The molecule has 0 aromatic heterocycles. The fourth-order valence-electron chi connectivity index (χ4n) is 3.37. The molecule has 0 aliphatic rings. The van der Waals surface area contributed by atoms with Crippen molar-refractivity contribution >= 4 is 24.1 Å². The maximum Gasteiger partial charge on any atom is 0.508 e. The molecular formula is C26H39NO9. The molecule has 1 aromatic carbocycles. The van der Waals surface area contributed by atoms with Gasteiger partial charge in [0.15, 0.2) is 11.5 Å². The highest BCUT2D eigenvalue weighted by Crippen LogP contribution is 2.35. The second-order valence-electron chi connectivity index (χ2n) is 9.90. The van der Waals surface area contributed by atoms with Crippen LogP contribution < -0.4 is 15.2 Å². The first-order valence-electron chi connectivity index (χ1n) is 12.1. The normalized spacial score (nSPS) is 13.8. The first-order chi connectivity index (χ1) is 16.7. The van der Waals surface area contributed by atoms with E-state index in [0.29, 0.717) is 5.56 Å². The van der Waals surface area contributed by atoms with Gasteiger partial charge < -0.3 is 29.8 Å². The highest BCUT2D eigenvalue weighted by atomic mass is 16.7. The molecule has 3 atom stereocenters. The second kappa shape index (κ2) is 14.4. The molecule has 0 saturated heterocycles.